The normalized spacial score (nSPS) is 11.8. The van der Waals surface area contributed by atoms with Gasteiger partial charge in [0.2, 0.25) is 5.89 Å². The van der Waals surface area contributed by atoms with Crippen molar-refractivity contribution in [3.05, 3.63) is 11.7 Å². The van der Waals surface area contributed by atoms with Gasteiger partial charge in [-0.3, -0.25) is 0 Å². The highest BCUT2D eigenvalue weighted by Gasteiger charge is 2.09. The maximum Gasteiger partial charge on any atom is 0.241 e. The fourth-order valence-electron chi connectivity index (χ4n) is 0.623. The van der Waals surface area contributed by atoms with Crippen molar-refractivity contribution in [2.45, 2.75) is 12.7 Å². The monoisotopic (exact) mass is 176 g/mol. The minimum atomic E-state index is -3.06. The van der Waals surface area contributed by atoms with Crippen molar-refractivity contribution in [2.24, 2.45) is 0 Å². The number of aryl methyl sites for hydroxylation is 1. The van der Waals surface area contributed by atoms with Crippen LogP contribution in [-0.4, -0.2) is 24.8 Å². The summed E-state index contributed by atoms with van der Waals surface area (Å²) in [6, 6.07) is 0. The summed E-state index contributed by atoms with van der Waals surface area (Å²) in [6.45, 7) is 1.63. The third kappa shape index (κ3) is 2.67. The van der Waals surface area contributed by atoms with Gasteiger partial charge in [-0.25, -0.2) is 8.42 Å². The third-order valence-electron chi connectivity index (χ3n) is 0.955. The fraction of sp³-hybridized carbons (Fsp3) is 0.600. The van der Waals surface area contributed by atoms with Crippen LogP contribution in [-0.2, 0) is 15.6 Å². The second-order valence-corrected chi connectivity index (χ2v) is 4.45. The molecule has 0 saturated heterocycles. The molecule has 1 heterocycles. The first-order chi connectivity index (χ1) is 4.97. The molecular weight excluding hydrogens is 168 g/mol. The first kappa shape index (κ1) is 8.19. The average molecular weight is 176 g/mol. The maximum absolute atomic E-state index is 10.7. The Morgan fingerprint density at radius 2 is 2.18 bits per heavy atom. The van der Waals surface area contributed by atoms with Gasteiger partial charge >= 0.3 is 0 Å². The summed E-state index contributed by atoms with van der Waals surface area (Å²) < 4.78 is 26.0. The van der Waals surface area contributed by atoms with Crippen molar-refractivity contribution in [3.63, 3.8) is 0 Å². The molecule has 0 N–H and O–H groups in total. The average Bonchev–Trinajstić information content (AvgIpc) is 2.10. The van der Waals surface area contributed by atoms with E-state index in [4.69, 9.17) is 0 Å². The van der Waals surface area contributed by atoms with E-state index in [2.05, 4.69) is 14.7 Å². The van der Waals surface area contributed by atoms with E-state index in [9.17, 15) is 8.42 Å². The van der Waals surface area contributed by atoms with E-state index in [1.165, 1.54) is 0 Å². The molecular formula is C5H8N2O3S. The molecule has 1 aromatic heterocycles. The first-order valence-corrected chi connectivity index (χ1v) is 5.00. The lowest BCUT2D eigenvalue weighted by molar-refractivity contribution is 0.385. The van der Waals surface area contributed by atoms with E-state index in [0.29, 0.717) is 5.82 Å². The van der Waals surface area contributed by atoms with Gasteiger partial charge in [0.1, 0.15) is 5.75 Å². The molecule has 0 spiro atoms. The molecule has 0 aliphatic carbocycles. The molecule has 62 valence electrons. The van der Waals surface area contributed by atoms with E-state index in [-0.39, 0.29) is 11.6 Å². The van der Waals surface area contributed by atoms with Gasteiger partial charge in [0.25, 0.3) is 0 Å². The number of hydrogen-bond donors (Lipinski definition) is 0. The van der Waals surface area contributed by atoms with Crippen LogP contribution in [0.3, 0.4) is 0 Å². The van der Waals surface area contributed by atoms with Gasteiger partial charge in [-0.05, 0) is 6.92 Å². The maximum atomic E-state index is 10.7. The largest absolute Gasteiger partial charge is 0.338 e. The number of hydrogen-bond acceptors (Lipinski definition) is 5. The number of sulfone groups is 1. The first-order valence-electron chi connectivity index (χ1n) is 2.94. The van der Waals surface area contributed by atoms with E-state index in [1.54, 1.807) is 6.92 Å². The summed E-state index contributed by atoms with van der Waals surface area (Å²) in [6.07, 6.45) is 1.12. The Labute approximate surface area is 64.3 Å². The Balaban J connectivity index is 2.81. The Morgan fingerprint density at radius 3 is 2.55 bits per heavy atom. The van der Waals surface area contributed by atoms with Crippen LogP contribution < -0.4 is 0 Å². The van der Waals surface area contributed by atoms with E-state index >= 15 is 0 Å². The molecule has 0 unspecified atom stereocenters. The summed E-state index contributed by atoms with van der Waals surface area (Å²) in [5, 5.41) is 3.45. The summed E-state index contributed by atoms with van der Waals surface area (Å²) in [5.41, 5.74) is 0. The lowest BCUT2D eigenvalue weighted by atomic mass is 10.7. The van der Waals surface area contributed by atoms with Crippen molar-refractivity contribution < 1.29 is 12.9 Å². The van der Waals surface area contributed by atoms with Crippen LogP contribution in [0.2, 0.25) is 0 Å². The topological polar surface area (TPSA) is 73.1 Å². The van der Waals surface area contributed by atoms with Crippen molar-refractivity contribution in [2.75, 3.05) is 6.26 Å². The number of nitrogens with zero attached hydrogens (tertiary/aromatic N) is 2. The second kappa shape index (κ2) is 2.61. The van der Waals surface area contributed by atoms with Crippen molar-refractivity contribution in [1.82, 2.24) is 10.1 Å². The highest BCUT2D eigenvalue weighted by Crippen LogP contribution is 2.00. The molecule has 0 saturated carbocycles. The van der Waals surface area contributed by atoms with Crippen LogP contribution >= 0.6 is 0 Å². The summed E-state index contributed by atoms with van der Waals surface area (Å²) in [5.74, 6) is 0.405. The van der Waals surface area contributed by atoms with Gasteiger partial charge in [-0.15, -0.1) is 0 Å². The summed E-state index contributed by atoms with van der Waals surface area (Å²) in [4.78, 5) is 3.74. The van der Waals surface area contributed by atoms with Gasteiger partial charge in [0, 0.05) is 6.26 Å². The van der Waals surface area contributed by atoms with Crippen LogP contribution in [0.25, 0.3) is 0 Å². The molecule has 0 aliphatic rings. The van der Waals surface area contributed by atoms with Crippen molar-refractivity contribution >= 4 is 9.84 Å². The minimum absolute atomic E-state index is 0.144. The molecule has 6 heteroatoms. The van der Waals surface area contributed by atoms with Gasteiger partial charge in [-0.1, -0.05) is 5.16 Å². The van der Waals surface area contributed by atoms with Gasteiger partial charge in [0.15, 0.2) is 15.7 Å². The van der Waals surface area contributed by atoms with E-state index < -0.39 is 9.84 Å². The fourth-order valence-corrected chi connectivity index (χ4v) is 1.19. The summed E-state index contributed by atoms with van der Waals surface area (Å²) in [7, 11) is -3.06. The van der Waals surface area contributed by atoms with Crippen molar-refractivity contribution in [1.29, 1.82) is 0 Å². The Hall–Kier alpha value is -0.910. The molecule has 0 fully saturated rings. The molecule has 0 amide bonds. The smallest absolute Gasteiger partial charge is 0.241 e. The zero-order valence-electron chi connectivity index (χ0n) is 6.23. The lowest BCUT2D eigenvalue weighted by Gasteiger charge is -1.87. The Kier molecular flexibility index (Phi) is 1.95. The minimum Gasteiger partial charge on any atom is -0.338 e. The van der Waals surface area contributed by atoms with Crippen LogP contribution in [0, 0.1) is 6.92 Å². The highest BCUT2D eigenvalue weighted by molar-refractivity contribution is 7.89. The Bertz CT molecular complexity index is 340. The van der Waals surface area contributed by atoms with Gasteiger partial charge in [0.05, 0.1) is 0 Å². The molecule has 0 aromatic carbocycles. The zero-order chi connectivity index (χ0) is 8.48. The molecule has 0 aliphatic heterocycles. The predicted octanol–water partition coefficient (Wildman–Crippen LogP) is -0.0774. The molecule has 0 atom stereocenters. The van der Waals surface area contributed by atoms with Crippen LogP contribution in [0.1, 0.15) is 11.7 Å². The van der Waals surface area contributed by atoms with E-state index in [0.717, 1.165) is 6.26 Å². The predicted molar refractivity (Wildman–Crippen MR) is 37.6 cm³/mol. The zero-order valence-corrected chi connectivity index (χ0v) is 7.05. The van der Waals surface area contributed by atoms with E-state index in [1.807, 2.05) is 0 Å². The van der Waals surface area contributed by atoms with Crippen LogP contribution in [0.5, 0.6) is 0 Å². The van der Waals surface area contributed by atoms with Crippen molar-refractivity contribution in [3.8, 4) is 0 Å². The second-order valence-electron chi connectivity index (χ2n) is 2.31. The Morgan fingerprint density at radius 1 is 1.55 bits per heavy atom. The quantitative estimate of drug-likeness (QED) is 0.630. The van der Waals surface area contributed by atoms with Gasteiger partial charge in [-0.2, -0.15) is 4.98 Å². The molecule has 1 rings (SSSR count). The molecule has 0 bridgehead atoms. The summed E-state index contributed by atoms with van der Waals surface area (Å²) >= 11 is 0. The molecule has 11 heavy (non-hydrogen) atoms. The molecule has 5 nitrogen and oxygen atoms in total. The standard InChI is InChI=1S/C5H8N2O3S/c1-4-6-5(10-7-4)3-11(2,8)9/h3H2,1-2H3. The van der Waals surface area contributed by atoms with Crippen LogP contribution in [0.4, 0.5) is 0 Å². The third-order valence-corrected chi connectivity index (χ3v) is 1.73. The van der Waals surface area contributed by atoms with Gasteiger partial charge < -0.3 is 4.52 Å². The number of rotatable bonds is 2. The highest BCUT2D eigenvalue weighted by atomic mass is 32.2. The number of aromatic nitrogens is 2. The SMILES string of the molecule is Cc1noc(CS(C)(=O)=O)n1. The lowest BCUT2D eigenvalue weighted by Crippen LogP contribution is -2.00. The molecule has 1 aromatic rings. The molecule has 0 radical (unpaired) electrons. The van der Waals surface area contributed by atoms with Crippen LogP contribution in [0.15, 0.2) is 4.52 Å².